The van der Waals surface area contributed by atoms with Crippen molar-refractivity contribution in [1.82, 2.24) is 4.90 Å². The molecule has 1 amide bonds. The number of methoxy groups -OCH3 is 1. The molecular weight excluding hydrogens is 246 g/mol. The molecule has 19 heavy (non-hydrogen) atoms. The summed E-state index contributed by atoms with van der Waals surface area (Å²) < 4.78 is 5.28. The van der Waals surface area contributed by atoms with Crippen molar-refractivity contribution in [1.29, 1.82) is 0 Å². The van der Waals surface area contributed by atoms with Crippen LogP contribution in [0.3, 0.4) is 0 Å². The van der Waals surface area contributed by atoms with E-state index in [0.717, 1.165) is 5.56 Å². The second-order valence-corrected chi connectivity index (χ2v) is 4.52. The van der Waals surface area contributed by atoms with Crippen molar-refractivity contribution in [3.63, 3.8) is 0 Å². The second-order valence-electron chi connectivity index (χ2n) is 4.52. The van der Waals surface area contributed by atoms with Crippen molar-refractivity contribution in [2.75, 3.05) is 13.7 Å². The van der Waals surface area contributed by atoms with Gasteiger partial charge in [-0.3, -0.25) is 9.59 Å². The number of para-hydroxylation sites is 1. The van der Waals surface area contributed by atoms with Crippen LogP contribution in [0.2, 0.25) is 0 Å². The Kier molecular flexibility index (Phi) is 3.74. The van der Waals surface area contributed by atoms with E-state index < -0.39 is 17.9 Å². The third-order valence-corrected chi connectivity index (χ3v) is 3.55. The van der Waals surface area contributed by atoms with Gasteiger partial charge in [0.15, 0.2) is 0 Å². The summed E-state index contributed by atoms with van der Waals surface area (Å²) in [5.41, 5.74) is 0.755. The van der Waals surface area contributed by atoms with E-state index in [9.17, 15) is 14.7 Å². The van der Waals surface area contributed by atoms with Crippen molar-refractivity contribution in [2.45, 2.75) is 19.4 Å². The minimum atomic E-state index is -0.944. The smallest absolute Gasteiger partial charge is 0.309 e. The summed E-state index contributed by atoms with van der Waals surface area (Å²) in [6.45, 7) is 2.34. The van der Waals surface area contributed by atoms with E-state index in [0.29, 0.717) is 12.3 Å². The molecule has 0 saturated carbocycles. The second kappa shape index (κ2) is 5.30. The fraction of sp³-hybridized carbons (Fsp3) is 0.429. The van der Waals surface area contributed by atoms with Crippen molar-refractivity contribution in [2.24, 2.45) is 5.92 Å². The number of hydrogen-bond donors (Lipinski definition) is 1. The largest absolute Gasteiger partial charge is 0.496 e. The number of carbonyl (C=O) groups is 2. The number of hydrogen-bond acceptors (Lipinski definition) is 3. The van der Waals surface area contributed by atoms with Gasteiger partial charge in [0.2, 0.25) is 5.91 Å². The van der Waals surface area contributed by atoms with Gasteiger partial charge in [0.05, 0.1) is 19.1 Å². The van der Waals surface area contributed by atoms with Gasteiger partial charge in [-0.25, -0.2) is 0 Å². The molecule has 2 atom stereocenters. The highest BCUT2D eigenvalue weighted by molar-refractivity contribution is 5.87. The first-order chi connectivity index (χ1) is 9.10. The van der Waals surface area contributed by atoms with Gasteiger partial charge in [-0.05, 0) is 13.0 Å². The topological polar surface area (TPSA) is 66.8 Å². The molecule has 102 valence electrons. The maximum Gasteiger partial charge on any atom is 0.309 e. The number of benzene rings is 1. The molecule has 1 N–H and O–H groups in total. The Bertz CT molecular complexity index is 500. The van der Waals surface area contributed by atoms with Crippen molar-refractivity contribution in [3.8, 4) is 5.75 Å². The summed E-state index contributed by atoms with van der Waals surface area (Å²) in [6, 6.07) is 6.80. The molecule has 0 radical (unpaired) electrons. The van der Waals surface area contributed by atoms with Gasteiger partial charge >= 0.3 is 5.97 Å². The molecule has 1 aliphatic heterocycles. The maximum absolute atomic E-state index is 11.9. The molecule has 5 nitrogen and oxygen atoms in total. The number of aliphatic carboxylic acids is 1. The lowest BCUT2D eigenvalue weighted by Gasteiger charge is -2.27. The Morgan fingerprint density at radius 3 is 2.74 bits per heavy atom. The Morgan fingerprint density at radius 2 is 2.16 bits per heavy atom. The zero-order valence-corrected chi connectivity index (χ0v) is 11.0. The Balaban J connectivity index is 2.48. The van der Waals surface area contributed by atoms with Crippen molar-refractivity contribution >= 4 is 11.9 Å². The lowest BCUT2D eigenvalue weighted by atomic mass is 9.93. The molecule has 5 heteroatoms. The first kappa shape index (κ1) is 13.4. The number of likely N-dealkylation sites (tertiary alicyclic amines) is 1. The standard InChI is InChI=1S/C14H17NO4/c1-3-15-12(16)8-10(14(17)18)13(15)9-6-4-5-7-11(9)19-2/h4-7,10,13H,3,8H2,1-2H3,(H,17,18)/t10-,13+/m1/s1. The van der Waals surface area contributed by atoms with Gasteiger partial charge in [-0.1, -0.05) is 18.2 Å². The first-order valence-electron chi connectivity index (χ1n) is 6.25. The minimum Gasteiger partial charge on any atom is -0.496 e. The van der Waals surface area contributed by atoms with Crippen LogP contribution in [0.25, 0.3) is 0 Å². The fourth-order valence-corrected chi connectivity index (χ4v) is 2.68. The quantitative estimate of drug-likeness (QED) is 0.897. The van der Waals surface area contributed by atoms with Gasteiger partial charge < -0.3 is 14.7 Å². The van der Waals surface area contributed by atoms with Crippen molar-refractivity contribution in [3.05, 3.63) is 29.8 Å². The van der Waals surface area contributed by atoms with Crippen molar-refractivity contribution < 1.29 is 19.4 Å². The number of rotatable bonds is 4. The van der Waals surface area contributed by atoms with Crippen LogP contribution in [0, 0.1) is 5.92 Å². The van der Waals surface area contributed by atoms with Crippen LogP contribution in [0.15, 0.2) is 24.3 Å². The van der Waals surface area contributed by atoms with Gasteiger partial charge in [-0.2, -0.15) is 0 Å². The summed E-state index contributed by atoms with van der Waals surface area (Å²) >= 11 is 0. The average molecular weight is 263 g/mol. The Morgan fingerprint density at radius 1 is 1.47 bits per heavy atom. The van der Waals surface area contributed by atoms with Gasteiger partial charge in [-0.15, -0.1) is 0 Å². The number of carbonyl (C=O) groups excluding carboxylic acids is 1. The molecule has 1 heterocycles. The molecule has 0 aliphatic carbocycles. The zero-order valence-electron chi connectivity index (χ0n) is 11.0. The molecule has 0 unspecified atom stereocenters. The lowest BCUT2D eigenvalue weighted by Crippen LogP contribution is -2.30. The molecule has 1 saturated heterocycles. The van der Waals surface area contributed by atoms with E-state index >= 15 is 0 Å². The summed E-state index contributed by atoms with van der Waals surface area (Å²) in [4.78, 5) is 24.9. The summed E-state index contributed by atoms with van der Waals surface area (Å²) in [7, 11) is 1.54. The Labute approximate surface area is 111 Å². The summed E-state index contributed by atoms with van der Waals surface area (Å²) in [5.74, 6) is -1.17. The van der Waals surface area contributed by atoms with Crippen LogP contribution in [-0.2, 0) is 9.59 Å². The first-order valence-corrected chi connectivity index (χ1v) is 6.25. The molecule has 0 spiro atoms. The van der Waals surface area contributed by atoms with E-state index in [1.165, 1.54) is 0 Å². The summed E-state index contributed by atoms with van der Waals surface area (Å²) in [6.07, 6.45) is 0.0475. The maximum atomic E-state index is 11.9. The highest BCUT2D eigenvalue weighted by Gasteiger charge is 2.44. The molecule has 1 fully saturated rings. The molecule has 1 aromatic rings. The molecular formula is C14H17NO4. The van der Waals surface area contributed by atoms with Crippen LogP contribution in [0.4, 0.5) is 0 Å². The van der Waals surface area contributed by atoms with E-state index in [4.69, 9.17) is 4.74 Å². The molecule has 0 aromatic heterocycles. The number of carboxylic acids is 1. The highest BCUT2D eigenvalue weighted by Crippen LogP contribution is 2.41. The number of carboxylic acid groups (broad SMARTS) is 1. The van der Waals surface area contributed by atoms with Crippen LogP contribution < -0.4 is 4.74 Å². The highest BCUT2D eigenvalue weighted by atomic mass is 16.5. The normalized spacial score (nSPS) is 22.6. The van der Waals surface area contributed by atoms with Crippen LogP contribution in [0.5, 0.6) is 5.75 Å². The SMILES string of the molecule is CCN1C(=O)C[C@@H](C(=O)O)[C@@H]1c1ccccc1OC. The molecule has 1 aromatic carbocycles. The molecule has 2 rings (SSSR count). The van der Waals surface area contributed by atoms with Gasteiger partial charge in [0.1, 0.15) is 5.75 Å². The number of nitrogens with zero attached hydrogens (tertiary/aromatic N) is 1. The van der Waals surface area contributed by atoms with Gasteiger partial charge in [0, 0.05) is 18.5 Å². The molecule has 1 aliphatic rings. The van der Waals surface area contributed by atoms with E-state index in [-0.39, 0.29) is 12.3 Å². The molecule has 0 bridgehead atoms. The van der Waals surface area contributed by atoms with E-state index in [2.05, 4.69) is 0 Å². The number of amides is 1. The van der Waals surface area contributed by atoms with Gasteiger partial charge in [0.25, 0.3) is 0 Å². The monoisotopic (exact) mass is 263 g/mol. The third-order valence-electron chi connectivity index (χ3n) is 3.55. The van der Waals surface area contributed by atoms with Crippen LogP contribution in [-0.4, -0.2) is 35.5 Å². The Hall–Kier alpha value is -2.04. The third kappa shape index (κ3) is 2.28. The van der Waals surface area contributed by atoms with E-state index in [1.807, 2.05) is 25.1 Å². The predicted octanol–water partition coefficient (Wildman–Crippen LogP) is 1.69. The van der Waals surface area contributed by atoms with Crippen LogP contribution >= 0.6 is 0 Å². The zero-order chi connectivity index (χ0) is 14.0. The fourth-order valence-electron chi connectivity index (χ4n) is 2.68. The van der Waals surface area contributed by atoms with E-state index in [1.54, 1.807) is 18.1 Å². The predicted molar refractivity (Wildman–Crippen MR) is 68.9 cm³/mol. The number of ether oxygens (including phenoxy) is 1. The summed E-state index contributed by atoms with van der Waals surface area (Å²) in [5, 5.41) is 9.32. The minimum absolute atomic E-state index is 0.0475. The average Bonchev–Trinajstić information content (AvgIpc) is 2.75. The lowest BCUT2D eigenvalue weighted by molar-refractivity contribution is -0.142. The van der Waals surface area contributed by atoms with Crippen LogP contribution in [0.1, 0.15) is 24.9 Å².